The van der Waals surface area contributed by atoms with Gasteiger partial charge in [-0.3, -0.25) is 4.79 Å². The van der Waals surface area contributed by atoms with E-state index in [1.54, 1.807) is 18.2 Å². The highest BCUT2D eigenvalue weighted by atomic mass is 79.9. The van der Waals surface area contributed by atoms with Crippen LogP contribution in [0, 0.1) is 0 Å². The lowest BCUT2D eigenvalue weighted by Crippen LogP contribution is -2.22. The molecule has 1 aromatic heterocycles. The average Bonchev–Trinajstić information content (AvgIpc) is 2.73. The van der Waals surface area contributed by atoms with E-state index >= 15 is 0 Å². The van der Waals surface area contributed by atoms with Gasteiger partial charge in [-0.15, -0.1) is 0 Å². The zero-order valence-electron chi connectivity index (χ0n) is 15.1. The zero-order chi connectivity index (χ0) is 20.4. The van der Waals surface area contributed by atoms with Crippen LogP contribution in [0.4, 0.5) is 5.69 Å². The fourth-order valence-corrected chi connectivity index (χ4v) is 3.32. The number of benzene rings is 3. The number of anilines is 1. The Morgan fingerprint density at radius 2 is 1.66 bits per heavy atom. The Labute approximate surface area is 175 Å². The maximum absolute atomic E-state index is 13.0. The smallest absolute Gasteiger partial charge is 0.256 e. The van der Waals surface area contributed by atoms with E-state index < -0.39 is 5.97 Å². The molecular formula is C23H14BrN2O3-. The number of fused-ring (bicyclic) bond motifs is 1. The van der Waals surface area contributed by atoms with Crippen LogP contribution < -0.4 is 10.4 Å². The van der Waals surface area contributed by atoms with Crippen LogP contribution in [0.3, 0.4) is 0 Å². The lowest BCUT2D eigenvalue weighted by Gasteiger charge is -2.12. The summed E-state index contributed by atoms with van der Waals surface area (Å²) in [6.07, 6.45) is 0. The Morgan fingerprint density at radius 1 is 0.897 bits per heavy atom. The number of amides is 1. The molecule has 6 heteroatoms. The first kappa shape index (κ1) is 18.8. The molecule has 4 rings (SSSR count). The molecule has 0 radical (unpaired) electrons. The van der Waals surface area contributed by atoms with Gasteiger partial charge in [0.1, 0.15) is 0 Å². The Bertz CT molecular complexity index is 1240. The SMILES string of the molecule is O=C([O-])c1cccc(NC(=O)c2cc(-c3ccc(Br)cc3)nc3ccccc23)c1. The average molecular weight is 446 g/mol. The lowest BCUT2D eigenvalue weighted by molar-refractivity contribution is -0.255. The van der Waals surface area contributed by atoms with Crippen LogP contribution in [0.1, 0.15) is 20.7 Å². The number of carboxylic acid groups (broad SMARTS) is 1. The minimum atomic E-state index is -1.30. The second-order valence-electron chi connectivity index (χ2n) is 6.40. The van der Waals surface area contributed by atoms with Crippen molar-refractivity contribution in [3.05, 3.63) is 94.5 Å². The number of nitrogens with zero attached hydrogens (tertiary/aromatic N) is 1. The second kappa shape index (κ2) is 7.85. The standard InChI is InChI=1S/C23H15BrN2O3/c24-16-10-8-14(9-11-16)21-13-19(18-6-1-2-7-20(18)26-21)22(27)25-17-5-3-4-15(12-17)23(28)29/h1-13H,(H,25,27)(H,28,29)/p-1. The van der Waals surface area contributed by atoms with Gasteiger partial charge < -0.3 is 15.2 Å². The van der Waals surface area contributed by atoms with Gasteiger partial charge in [0.25, 0.3) is 5.91 Å². The molecule has 142 valence electrons. The van der Waals surface area contributed by atoms with Gasteiger partial charge in [0.2, 0.25) is 0 Å². The molecule has 0 unspecified atom stereocenters. The Morgan fingerprint density at radius 3 is 2.41 bits per heavy atom. The molecule has 0 atom stereocenters. The summed E-state index contributed by atoms with van der Waals surface area (Å²) in [5.41, 5.74) is 3.08. The highest BCUT2D eigenvalue weighted by Crippen LogP contribution is 2.26. The molecule has 1 amide bonds. The van der Waals surface area contributed by atoms with E-state index in [9.17, 15) is 14.7 Å². The van der Waals surface area contributed by atoms with Crippen LogP contribution >= 0.6 is 15.9 Å². The summed E-state index contributed by atoms with van der Waals surface area (Å²) in [7, 11) is 0. The molecule has 5 nitrogen and oxygen atoms in total. The van der Waals surface area contributed by atoms with Gasteiger partial charge in [0.15, 0.2) is 0 Å². The summed E-state index contributed by atoms with van der Waals surface area (Å²) >= 11 is 3.42. The Hall–Kier alpha value is -3.51. The number of rotatable bonds is 4. The Balaban J connectivity index is 1.77. The maximum Gasteiger partial charge on any atom is 0.256 e. The second-order valence-corrected chi connectivity index (χ2v) is 7.32. The number of para-hydroxylation sites is 1. The van der Waals surface area contributed by atoms with Crippen LogP contribution in [0.2, 0.25) is 0 Å². The molecule has 0 saturated carbocycles. The molecule has 1 N–H and O–H groups in total. The Kier molecular flexibility index (Phi) is 5.10. The van der Waals surface area contributed by atoms with Crippen molar-refractivity contribution in [3.8, 4) is 11.3 Å². The largest absolute Gasteiger partial charge is 0.545 e. The van der Waals surface area contributed by atoms with E-state index in [4.69, 9.17) is 0 Å². The van der Waals surface area contributed by atoms with Gasteiger partial charge in [-0.05, 0) is 42.0 Å². The van der Waals surface area contributed by atoms with Crippen LogP contribution in [0.5, 0.6) is 0 Å². The summed E-state index contributed by atoms with van der Waals surface area (Å²) in [6.45, 7) is 0. The molecule has 0 aliphatic heterocycles. The van der Waals surface area contributed by atoms with Crippen LogP contribution in [-0.2, 0) is 0 Å². The van der Waals surface area contributed by atoms with E-state index in [0.29, 0.717) is 27.8 Å². The molecule has 0 fully saturated rings. The van der Waals surface area contributed by atoms with Crippen LogP contribution in [-0.4, -0.2) is 16.9 Å². The zero-order valence-corrected chi connectivity index (χ0v) is 16.6. The van der Waals surface area contributed by atoms with Gasteiger partial charge >= 0.3 is 0 Å². The van der Waals surface area contributed by atoms with Gasteiger partial charge in [-0.2, -0.15) is 0 Å². The first-order chi connectivity index (χ1) is 14.0. The first-order valence-electron chi connectivity index (χ1n) is 8.80. The van der Waals surface area contributed by atoms with Crippen molar-refractivity contribution in [2.24, 2.45) is 0 Å². The molecule has 0 saturated heterocycles. The molecule has 0 bridgehead atoms. The number of hydrogen-bond donors (Lipinski definition) is 1. The van der Waals surface area contributed by atoms with Gasteiger partial charge in [0.05, 0.1) is 22.7 Å². The van der Waals surface area contributed by atoms with Crippen molar-refractivity contribution in [1.82, 2.24) is 4.98 Å². The van der Waals surface area contributed by atoms with Crippen LogP contribution in [0.15, 0.2) is 83.3 Å². The fraction of sp³-hybridized carbons (Fsp3) is 0. The number of carbonyl (C=O) groups excluding carboxylic acids is 2. The number of aromatic nitrogens is 1. The molecule has 3 aromatic carbocycles. The minimum Gasteiger partial charge on any atom is -0.545 e. The number of pyridine rings is 1. The normalized spacial score (nSPS) is 10.7. The molecular weight excluding hydrogens is 432 g/mol. The number of nitrogens with one attached hydrogen (secondary N) is 1. The monoisotopic (exact) mass is 445 g/mol. The first-order valence-corrected chi connectivity index (χ1v) is 9.59. The van der Waals surface area contributed by atoms with E-state index in [1.165, 1.54) is 12.1 Å². The van der Waals surface area contributed by atoms with Crippen molar-refractivity contribution in [2.45, 2.75) is 0 Å². The highest BCUT2D eigenvalue weighted by Gasteiger charge is 2.14. The van der Waals surface area contributed by atoms with Gasteiger partial charge in [0, 0.05) is 21.1 Å². The van der Waals surface area contributed by atoms with Crippen molar-refractivity contribution >= 4 is 44.4 Å². The quantitative estimate of drug-likeness (QED) is 0.508. The van der Waals surface area contributed by atoms with Gasteiger partial charge in [-0.1, -0.05) is 58.4 Å². The van der Waals surface area contributed by atoms with Crippen LogP contribution in [0.25, 0.3) is 22.2 Å². The molecule has 0 aliphatic rings. The minimum absolute atomic E-state index is 0.00191. The van der Waals surface area contributed by atoms with Gasteiger partial charge in [-0.25, -0.2) is 4.98 Å². The highest BCUT2D eigenvalue weighted by molar-refractivity contribution is 9.10. The summed E-state index contributed by atoms with van der Waals surface area (Å²) in [4.78, 5) is 28.8. The van der Waals surface area contributed by atoms with Crippen molar-refractivity contribution in [2.75, 3.05) is 5.32 Å². The van der Waals surface area contributed by atoms with E-state index in [2.05, 4.69) is 26.2 Å². The van der Waals surface area contributed by atoms with Crippen molar-refractivity contribution in [1.29, 1.82) is 0 Å². The van der Waals surface area contributed by atoms with E-state index in [-0.39, 0.29) is 11.5 Å². The molecule has 0 spiro atoms. The molecule has 29 heavy (non-hydrogen) atoms. The van der Waals surface area contributed by atoms with Crippen molar-refractivity contribution < 1.29 is 14.7 Å². The maximum atomic E-state index is 13.0. The van der Waals surface area contributed by atoms with E-state index in [0.717, 1.165) is 10.0 Å². The summed E-state index contributed by atoms with van der Waals surface area (Å²) in [6, 6.07) is 22.8. The molecule has 1 heterocycles. The number of carbonyl (C=O) groups is 2. The predicted molar refractivity (Wildman–Crippen MR) is 114 cm³/mol. The number of halogens is 1. The predicted octanol–water partition coefficient (Wildman–Crippen LogP) is 4.28. The third-order valence-corrected chi connectivity index (χ3v) is 4.99. The summed E-state index contributed by atoms with van der Waals surface area (Å²) in [5.74, 6) is -1.65. The fourth-order valence-electron chi connectivity index (χ4n) is 3.05. The van der Waals surface area contributed by atoms with Crippen molar-refractivity contribution in [3.63, 3.8) is 0 Å². The molecule has 4 aromatic rings. The number of hydrogen-bond acceptors (Lipinski definition) is 4. The van der Waals surface area contributed by atoms with E-state index in [1.807, 2.05) is 48.5 Å². The number of carboxylic acids is 1. The molecule has 0 aliphatic carbocycles. The summed E-state index contributed by atoms with van der Waals surface area (Å²) in [5, 5.41) is 14.6. The third-order valence-electron chi connectivity index (χ3n) is 4.46. The third kappa shape index (κ3) is 4.02. The lowest BCUT2D eigenvalue weighted by atomic mass is 10.0. The topological polar surface area (TPSA) is 82.1 Å². The number of aromatic carboxylic acids is 1. The summed E-state index contributed by atoms with van der Waals surface area (Å²) < 4.78 is 0.952.